The largest absolute Gasteiger partial charge is 0.274 e. The summed E-state index contributed by atoms with van der Waals surface area (Å²) < 4.78 is 28.4. The molecule has 0 saturated heterocycles. The standard InChI is InChI=1S/C9H10F2NS/c10-9(11)8-5-7(12-13-8)6-3-1-2-4-6/h6,9H,1-4H2. The lowest BCUT2D eigenvalue weighted by Crippen LogP contribution is -1.91. The molecular formula is C9H10F2NS. The minimum Gasteiger partial charge on any atom is -0.204 e. The monoisotopic (exact) mass is 202 g/mol. The Morgan fingerprint density at radius 3 is 2.62 bits per heavy atom. The van der Waals surface area contributed by atoms with Crippen molar-refractivity contribution >= 4 is 11.5 Å². The fourth-order valence-corrected chi connectivity index (χ4v) is 2.36. The van der Waals surface area contributed by atoms with Crippen molar-refractivity contribution in [3.8, 4) is 0 Å². The molecule has 1 aliphatic carbocycles. The zero-order chi connectivity index (χ0) is 9.26. The first-order valence-corrected chi connectivity index (χ1v) is 5.21. The van der Waals surface area contributed by atoms with E-state index < -0.39 is 6.43 Å². The maximum atomic E-state index is 12.2. The molecule has 0 atom stereocenters. The van der Waals surface area contributed by atoms with Gasteiger partial charge in [0, 0.05) is 12.0 Å². The summed E-state index contributed by atoms with van der Waals surface area (Å²) in [5.74, 6) is 0.392. The number of nitrogens with zero attached hydrogens (tertiary/aromatic N) is 1. The Morgan fingerprint density at radius 2 is 2.08 bits per heavy atom. The van der Waals surface area contributed by atoms with Gasteiger partial charge in [-0.1, -0.05) is 12.8 Å². The maximum Gasteiger partial charge on any atom is 0.274 e. The van der Waals surface area contributed by atoms with Crippen LogP contribution >= 0.6 is 11.5 Å². The first kappa shape index (κ1) is 9.06. The molecule has 4 heteroatoms. The highest BCUT2D eigenvalue weighted by molar-refractivity contribution is 7.05. The third-order valence-electron chi connectivity index (χ3n) is 2.43. The molecule has 0 unspecified atom stereocenters. The van der Waals surface area contributed by atoms with E-state index in [1.165, 1.54) is 12.8 Å². The minimum absolute atomic E-state index is 0.0121. The molecule has 1 aromatic heterocycles. The van der Waals surface area contributed by atoms with E-state index in [9.17, 15) is 8.78 Å². The number of hydrogen-bond donors (Lipinski definition) is 0. The maximum absolute atomic E-state index is 12.2. The lowest BCUT2D eigenvalue weighted by atomic mass is 10.0. The van der Waals surface area contributed by atoms with Gasteiger partial charge in [-0.2, -0.15) is 4.37 Å². The van der Waals surface area contributed by atoms with Crippen molar-refractivity contribution in [3.63, 3.8) is 0 Å². The van der Waals surface area contributed by atoms with Gasteiger partial charge in [0.05, 0.1) is 10.6 Å². The van der Waals surface area contributed by atoms with Crippen molar-refractivity contribution in [2.75, 3.05) is 0 Å². The lowest BCUT2D eigenvalue weighted by Gasteiger charge is -2.01. The third-order valence-corrected chi connectivity index (χ3v) is 3.20. The van der Waals surface area contributed by atoms with Gasteiger partial charge in [0.15, 0.2) is 0 Å². The fraction of sp³-hybridized carbons (Fsp3) is 0.667. The van der Waals surface area contributed by atoms with Gasteiger partial charge in [-0.3, -0.25) is 0 Å². The van der Waals surface area contributed by atoms with Crippen LogP contribution in [0.1, 0.15) is 48.6 Å². The van der Waals surface area contributed by atoms with Crippen molar-refractivity contribution in [2.24, 2.45) is 0 Å². The molecule has 0 aliphatic heterocycles. The molecule has 0 amide bonds. The molecule has 13 heavy (non-hydrogen) atoms. The predicted molar refractivity (Wildman–Crippen MR) is 47.1 cm³/mol. The molecule has 0 spiro atoms. The Kier molecular flexibility index (Phi) is 2.58. The highest BCUT2D eigenvalue weighted by atomic mass is 32.1. The normalized spacial score (nSPS) is 18.7. The van der Waals surface area contributed by atoms with Gasteiger partial charge < -0.3 is 0 Å². The second-order valence-electron chi connectivity index (χ2n) is 3.34. The Labute approximate surface area is 79.9 Å². The Morgan fingerprint density at radius 1 is 1.38 bits per heavy atom. The van der Waals surface area contributed by atoms with Gasteiger partial charge in [-0.15, -0.1) is 0 Å². The topological polar surface area (TPSA) is 12.9 Å². The summed E-state index contributed by atoms with van der Waals surface area (Å²) in [7, 11) is 0. The highest BCUT2D eigenvalue weighted by Gasteiger charge is 2.22. The van der Waals surface area contributed by atoms with E-state index in [0.717, 1.165) is 30.1 Å². The molecule has 1 aromatic rings. The molecule has 0 N–H and O–H groups in total. The predicted octanol–water partition coefficient (Wildman–Crippen LogP) is 3.54. The number of aromatic nitrogens is 1. The summed E-state index contributed by atoms with van der Waals surface area (Å²) in [6.45, 7) is 0. The summed E-state index contributed by atoms with van der Waals surface area (Å²) >= 11 is 0.889. The van der Waals surface area contributed by atoms with E-state index in [0.29, 0.717) is 5.92 Å². The zero-order valence-electron chi connectivity index (χ0n) is 7.09. The molecule has 71 valence electrons. The van der Waals surface area contributed by atoms with Crippen LogP contribution in [-0.2, 0) is 0 Å². The number of rotatable bonds is 2. The van der Waals surface area contributed by atoms with Gasteiger partial charge in [0.25, 0.3) is 6.43 Å². The molecule has 1 aliphatic rings. The van der Waals surface area contributed by atoms with E-state index in [2.05, 4.69) is 10.4 Å². The average Bonchev–Trinajstić information content (AvgIpc) is 2.75. The van der Waals surface area contributed by atoms with Gasteiger partial charge in [0.1, 0.15) is 0 Å². The lowest BCUT2D eigenvalue weighted by molar-refractivity contribution is 0.155. The smallest absolute Gasteiger partial charge is 0.204 e. The first-order chi connectivity index (χ1) is 6.27. The van der Waals surface area contributed by atoms with Crippen LogP contribution in [0.2, 0.25) is 0 Å². The SMILES string of the molecule is FC(F)c1[c]c(C2CCCC2)ns1. The molecule has 1 fully saturated rings. The second-order valence-corrected chi connectivity index (χ2v) is 4.14. The summed E-state index contributed by atoms with van der Waals surface area (Å²) in [5.41, 5.74) is 0.762. The Balaban J connectivity index is 2.12. The van der Waals surface area contributed by atoms with E-state index in [-0.39, 0.29) is 4.88 Å². The van der Waals surface area contributed by atoms with Gasteiger partial charge in [0.2, 0.25) is 0 Å². The average molecular weight is 202 g/mol. The van der Waals surface area contributed by atoms with E-state index in [1.54, 1.807) is 0 Å². The molecule has 1 heterocycles. The molecule has 2 rings (SSSR count). The summed E-state index contributed by atoms with van der Waals surface area (Å²) in [6.07, 6.45) is 2.15. The third kappa shape index (κ3) is 1.88. The Bertz CT molecular complexity index is 279. The van der Waals surface area contributed by atoms with Crippen LogP contribution < -0.4 is 0 Å². The molecule has 1 saturated carbocycles. The molecule has 1 nitrogen and oxygen atoms in total. The van der Waals surface area contributed by atoms with Crippen molar-refractivity contribution in [2.45, 2.75) is 38.0 Å². The van der Waals surface area contributed by atoms with Crippen molar-refractivity contribution < 1.29 is 8.78 Å². The fourth-order valence-electron chi connectivity index (χ4n) is 1.74. The summed E-state index contributed by atoms with van der Waals surface area (Å²) in [5, 5.41) is 0. The quantitative estimate of drug-likeness (QED) is 0.714. The molecule has 1 radical (unpaired) electrons. The van der Waals surface area contributed by atoms with Crippen LogP contribution in [0.3, 0.4) is 0 Å². The van der Waals surface area contributed by atoms with Crippen LogP contribution in [0.15, 0.2) is 0 Å². The van der Waals surface area contributed by atoms with E-state index in [1.807, 2.05) is 0 Å². The van der Waals surface area contributed by atoms with Gasteiger partial charge in [-0.05, 0) is 24.4 Å². The molecule has 0 bridgehead atoms. The van der Waals surface area contributed by atoms with E-state index >= 15 is 0 Å². The summed E-state index contributed by atoms with van der Waals surface area (Å²) in [4.78, 5) is -0.0121. The summed E-state index contributed by atoms with van der Waals surface area (Å²) in [6, 6.07) is 2.71. The van der Waals surface area contributed by atoms with Crippen LogP contribution in [0.4, 0.5) is 8.78 Å². The number of hydrogen-bond acceptors (Lipinski definition) is 2. The van der Waals surface area contributed by atoms with Crippen LogP contribution in [0.5, 0.6) is 0 Å². The van der Waals surface area contributed by atoms with Crippen molar-refractivity contribution in [3.05, 3.63) is 16.6 Å². The van der Waals surface area contributed by atoms with Gasteiger partial charge >= 0.3 is 0 Å². The first-order valence-electron chi connectivity index (χ1n) is 4.44. The second kappa shape index (κ2) is 3.70. The highest BCUT2D eigenvalue weighted by Crippen LogP contribution is 2.35. The molecule has 0 aromatic carbocycles. The van der Waals surface area contributed by atoms with Crippen LogP contribution in [0, 0.1) is 6.07 Å². The zero-order valence-corrected chi connectivity index (χ0v) is 7.91. The number of alkyl halides is 2. The molecular weight excluding hydrogens is 192 g/mol. The van der Waals surface area contributed by atoms with Crippen LogP contribution in [-0.4, -0.2) is 4.37 Å². The van der Waals surface area contributed by atoms with Crippen molar-refractivity contribution in [1.29, 1.82) is 0 Å². The number of halogens is 2. The minimum atomic E-state index is -2.41. The van der Waals surface area contributed by atoms with Gasteiger partial charge in [-0.25, -0.2) is 8.78 Å². The van der Waals surface area contributed by atoms with E-state index in [4.69, 9.17) is 0 Å². The van der Waals surface area contributed by atoms with Crippen molar-refractivity contribution in [1.82, 2.24) is 4.37 Å². The Hall–Kier alpha value is -0.510. The van der Waals surface area contributed by atoms with Crippen LogP contribution in [0.25, 0.3) is 0 Å².